The third-order valence-corrected chi connectivity index (χ3v) is 1.88. The zero-order valence-corrected chi connectivity index (χ0v) is 11.0. The molecule has 2 N–H and O–H groups in total. The Morgan fingerprint density at radius 1 is 1.07 bits per heavy atom. The molecule has 0 saturated carbocycles. The monoisotopic (exact) mass is 216 g/mol. The quantitative estimate of drug-likeness (QED) is 0.605. The summed E-state index contributed by atoms with van der Waals surface area (Å²) in [6, 6.07) is 0. The van der Waals surface area contributed by atoms with Crippen LogP contribution in [0.4, 0.5) is 0 Å². The molecule has 0 aromatic carbocycles. The molecule has 0 rings (SSSR count). The standard InChI is InChI=1S/C12H28N2O/c1-11(2)10-13-6-8-15-9-7-14-12(3,4)5/h11,13-14H,6-10H2,1-5H3. The molecule has 0 saturated heterocycles. The molecule has 0 heterocycles. The lowest BCUT2D eigenvalue weighted by molar-refractivity contribution is 0.132. The minimum atomic E-state index is 0.194. The van der Waals surface area contributed by atoms with E-state index in [2.05, 4.69) is 45.3 Å². The van der Waals surface area contributed by atoms with E-state index in [1.807, 2.05) is 0 Å². The van der Waals surface area contributed by atoms with Gasteiger partial charge in [-0.25, -0.2) is 0 Å². The van der Waals surface area contributed by atoms with Gasteiger partial charge in [-0.15, -0.1) is 0 Å². The molecular formula is C12H28N2O. The lowest BCUT2D eigenvalue weighted by atomic mass is 10.1. The second-order valence-corrected chi connectivity index (χ2v) is 5.39. The van der Waals surface area contributed by atoms with E-state index in [9.17, 15) is 0 Å². The van der Waals surface area contributed by atoms with E-state index in [-0.39, 0.29) is 5.54 Å². The summed E-state index contributed by atoms with van der Waals surface area (Å²) in [4.78, 5) is 0. The smallest absolute Gasteiger partial charge is 0.0591 e. The highest BCUT2D eigenvalue weighted by molar-refractivity contribution is 4.69. The first kappa shape index (κ1) is 14.9. The highest BCUT2D eigenvalue weighted by atomic mass is 16.5. The Morgan fingerprint density at radius 2 is 1.67 bits per heavy atom. The van der Waals surface area contributed by atoms with Crippen molar-refractivity contribution in [2.75, 3.05) is 32.8 Å². The van der Waals surface area contributed by atoms with Gasteiger partial charge in [-0.1, -0.05) is 13.8 Å². The van der Waals surface area contributed by atoms with E-state index in [0.29, 0.717) is 5.92 Å². The topological polar surface area (TPSA) is 33.3 Å². The van der Waals surface area contributed by atoms with Crippen LogP contribution in [0.2, 0.25) is 0 Å². The van der Waals surface area contributed by atoms with Crippen LogP contribution in [-0.2, 0) is 4.74 Å². The molecule has 0 unspecified atom stereocenters. The van der Waals surface area contributed by atoms with Crippen molar-refractivity contribution in [2.24, 2.45) is 5.92 Å². The molecule has 0 radical (unpaired) electrons. The fourth-order valence-electron chi connectivity index (χ4n) is 1.14. The van der Waals surface area contributed by atoms with Crippen molar-refractivity contribution in [2.45, 2.75) is 40.2 Å². The van der Waals surface area contributed by atoms with E-state index in [4.69, 9.17) is 4.74 Å². The van der Waals surface area contributed by atoms with Crippen LogP contribution in [0, 0.1) is 5.92 Å². The van der Waals surface area contributed by atoms with Gasteiger partial charge in [0.25, 0.3) is 0 Å². The van der Waals surface area contributed by atoms with Crippen molar-refractivity contribution < 1.29 is 4.74 Å². The van der Waals surface area contributed by atoms with Crippen LogP contribution in [0.15, 0.2) is 0 Å². The summed E-state index contributed by atoms with van der Waals surface area (Å²) in [7, 11) is 0. The number of hydrogen-bond donors (Lipinski definition) is 2. The van der Waals surface area contributed by atoms with E-state index < -0.39 is 0 Å². The number of nitrogens with one attached hydrogen (secondary N) is 2. The molecule has 0 aliphatic carbocycles. The molecule has 3 nitrogen and oxygen atoms in total. The van der Waals surface area contributed by atoms with Crippen LogP contribution in [0.3, 0.4) is 0 Å². The van der Waals surface area contributed by atoms with Crippen LogP contribution in [0.1, 0.15) is 34.6 Å². The summed E-state index contributed by atoms with van der Waals surface area (Å²) in [5.74, 6) is 0.715. The SMILES string of the molecule is CC(C)CNCCOCCNC(C)(C)C. The van der Waals surface area contributed by atoms with Gasteiger partial charge in [-0.3, -0.25) is 0 Å². The molecule has 0 aliphatic heterocycles. The lowest BCUT2D eigenvalue weighted by Crippen LogP contribution is -2.38. The molecule has 0 fully saturated rings. The Hall–Kier alpha value is -0.120. The maximum Gasteiger partial charge on any atom is 0.0591 e. The lowest BCUT2D eigenvalue weighted by Gasteiger charge is -2.20. The van der Waals surface area contributed by atoms with E-state index in [0.717, 1.165) is 32.8 Å². The molecule has 0 amide bonds. The Balaban J connectivity index is 3.06. The Morgan fingerprint density at radius 3 is 2.20 bits per heavy atom. The molecule has 92 valence electrons. The van der Waals surface area contributed by atoms with Crippen molar-refractivity contribution >= 4 is 0 Å². The highest BCUT2D eigenvalue weighted by Gasteiger charge is 2.06. The molecule has 0 bridgehead atoms. The minimum Gasteiger partial charge on any atom is -0.379 e. The first-order valence-electron chi connectivity index (χ1n) is 5.95. The number of hydrogen-bond acceptors (Lipinski definition) is 3. The third kappa shape index (κ3) is 13.9. The highest BCUT2D eigenvalue weighted by Crippen LogP contribution is 1.96. The van der Waals surface area contributed by atoms with Gasteiger partial charge in [-0.05, 0) is 33.2 Å². The maximum atomic E-state index is 5.49. The van der Waals surface area contributed by atoms with Crippen LogP contribution >= 0.6 is 0 Å². The normalized spacial score (nSPS) is 12.4. The average Bonchev–Trinajstić information content (AvgIpc) is 2.07. The van der Waals surface area contributed by atoms with E-state index >= 15 is 0 Å². The molecular weight excluding hydrogens is 188 g/mol. The van der Waals surface area contributed by atoms with Gasteiger partial charge in [0.05, 0.1) is 13.2 Å². The van der Waals surface area contributed by atoms with Crippen LogP contribution in [0.5, 0.6) is 0 Å². The molecule has 0 aliphatic rings. The molecule has 0 spiro atoms. The first-order chi connectivity index (χ1) is 6.92. The minimum absolute atomic E-state index is 0.194. The van der Waals surface area contributed by atoms with Crippen molar-refractivity contribution in [3.05, 3.63) is 0 Å². The summed E-state index contributed by atoms with van der Waals surface area (Å²) in [6.07, 6.45) is 0. The van der Waals surface area contributed by atoms with Crippen molar-refractivity contribution in [3.8, 4) is 0 Å². The molecule has 0 atom stereocenters. The second-order valence-electron chi connectivity index (χ2n) is 5.39. The van der Waals surface area contributed by atoms with E-state index in [1.54, 1.807) is 0 Å². The van der Waals surface area contributed by atoms with Crippen molar-refractivity contribution in [1.82, 2.24) is 10.6 Å². The van der Waals surface area contributed by atoms with Gasteiger partial charge in [0, 0.05) is 18.6 Å². The van der Waals surface area contributed by atoms with Crippen LogP contribution in [-0.4, -0.2) is 38.4 Å². The van der Waals surface area contributed by atoms with Gasteiger partial charge < -0.3 is 15.4 Å². The largest absolute Gasteiger partial charge is 0.379 e. The summed E-state index contributed by atoms with van der Waals surface area (Å²) < 4.78 is 5.49. The summed E-state index contributed by atoms with van der Waals surface area (Å²) in [5.41, 5.74) is 0.194. The summed E-state index contributed by atoms with van der Waals surface area (Å²) >= 11 is 0. The molecule has 15 heavy (non-hydrogen) atoms. The van der Waals surface area contributed by atoms with Gasteiger partial charge in [0.15, 0.2) is 0 Å². The fraction of sp³-hybridized carbons (Fsp3) is 1.00. The zero-order chi connectivity index (χ0) is 11.7. The van der Waals surface area contributed by atoms with Crippen molar-refractivity contribution in [3.63, 3.8) is 0 Å². The predicted molar refractivity (Wildman–Crippen MR) is 66.3 cm³/mol. The maximum absolute atomic E-state index is 5.49. The average molecular weight is 216 g/mol. The third-order valence-electron chi connectivity index (χ3n) is 1.88. The van der Waals surface area contributed by atoms with Crippen LogP contribution < -0.4 is 10.6 Å². The van der Waals surface area contributed by atoms with Gasteiger partial charge in [0.1, 0.15) is 0 Å². The van der Waals surface area contributed by atoms with Gasteiger partial charge >= 0.3 is 0 Å². The number of rotatable bonds is 8. The van der Waals surface area contributed by atoms with Crippen molar-refractivity contribution in [1.29, 1.82) is 0 Å². The molecule has 3 heteroatoms. The second kappa shape index (κ2) is 8.08. The predicted octanol–water partition coefficient (Wildman–Crippen LogP) is 1.64. The summed E-state index contributed by atoms with van der Waals surface area (Å²) in [6.45, 7) is 15.5. The van der Waals surface area contributed by atoms with E-state index in [1.165, 1.54) is 0 Å². The van der Waals surface area contributed by atoms with Crippen LogP contribution in [0.25, 0.3) is 0 Å². The number of ether oxygens (including phenoxy) is 1. The Labute approximate surface area is 95.0 Å². The van der Waals surface area contributed by atoms with Gasteiger partial charge in [-0.2, -0.15) is 0 Å². The fourth-order valence-corrected chi connectivity index (χ4v) is 1.14. The molecule has 0 aromatic rings. The Bertz CT molecular complexity index is 141. The Kier molecular flexibility index (Phi) is 8.02. The summed E-state index contributed by atoms with van der Waals surface area (Å²) in [5, 5.41) is 6.73. The van der Waals surface area contributed by atoms with Gasteiger partial charge in [0.2, 0.25) is 0 Å². The zero-order valence-electron chi connectivity index (χ0n) is 11.0. The first-order valence-corrected chi connectivity index (χ1v) is 5.95. The molecule has 0 aromatic heterocycles.